The topological polar surface area (TPSA) is 50.8 Å². The normalized spacial score (nSPS) is 15.4. The zero-order valence-corrected chi connectivity index (χ0v) is 15.0. The summed E-state index contributed by atoms with van der Waals surface area (Å²) in [4.78, 5) is 13.2. The minimum atomic E-state index is -0.0975. The van der Waals surface area contributed by atoms with E-state index < -0.39 is 0 Å². The third-order valence-corrected chi connectivity index (χ3v) is 4.35. The lowest BCUT2D eigenvalue weighted by Gasteiger charge is -2.30. The Morgan fingerprint density at radius 1 is 1.20 bits per heavy atom. The molecule has 25 heavy (non-hydrogen) atoms. The Labute approximate surface area is 152 Å². The van der Waals surface area contributed by atoms with Gasteiger partial charge in [-0.05, 0) is 55.5 Å². The van der Waals surface area contributed by atoms with Gasteiger partial charge in [-0.2, -0.15) is 0 Å². The summed E-state index contributed by atoms with van der Waals surface area (Å²) >= 11 is 5.44. The monoisotopic (exact) mass is 356 g/mol. The molecule has 3 rings (SSSR count). The lowest BCUT2D eigenvalue weighted by molar-refractivity contribution is 0.0784. The summed E-state index contributed by atoms with van der Waals surface area (Å²) in [6.45, 7) is 2.63. The van der Waals surface area contributed by atoms with Gasteiger partial charge in [0.2, 0.25) is 0 Å². The number of fused-ring (bicyclic) bond motifs is 1. The van der Waals surface area contributed by atoms with Crippen LogP contribution < -0.4 is 14.8 Å². The number of para-hydroxylation sites is 2. The van der Waals surface area contributed by atoms with Crippen LogP contribution in [0, 0.1) is 0 Å². The molecule has 0 aliphatic carbocycles. The average molecular weight is 356 g/mol. The number of ether oxygens (including phenoxy) is 2. The van der Waals surface area contributed by atoms with Gasteiger partial charge in [0, 0.05) is 18.3 Å². The van der Waals surface area contributed by atoms with Crippen LogP contribution in [-0.4, -0.2) is 42.1 Å². The van der Waals surface area contributed by atoms with E-state index in [-0.39, 0.29) is 11.9 Å². The zero-order chi connectivity index (χ0) is 17.8. The number of hydrogen-bond acceptors (Lipinski definition) is 4. The Kier molecular flexibility index (Phi) is 5.19. The summed E-state index contributed by atoms with van der Waals surface area (Å²) in [6.07, 6.45) is -0.0975. The Hall–Kier alpha value is -2.60. The Morgan fingerprint density at radius 3 is 2.56 bits per heavy atom. The number of benzene rings is 2. The number of Topliss-reactive ketones (excluding diaryl/α,β-unsaturated/α-hetero) is 1. The molecule has 0 bridgehead atoms. The number of likely N-dealkylation sites (N-methyl/N-ethyl adjacent to an activating group) is 1. The molecule has 0 unspecified atom stereocenters. The highest BCUT2D eigenvalue weighted by Gasteiger charge is 2.22. The van der Waals surface area contributed by atoms with E-state index >= 15 is 0 Å². The fourth-order valence-electron chi connectivity index (χ4n) is 2.55. The van der Waals surface area contributed by atoms with E-state index in [9.17, 15) is 4.79 Å². The largest absolute Gasteiger partial charge is 0.486 e. The third kappa shape index (κ3) is 4.28. The molecule has 0 fully saturated rings. The van der Waals surface area contributed by atoms with Crippen molar-refractivity contribution in [2.24, 2.45) is 0 Å². The van der Waals surface area contributed by atoms with Crippen LogP contribution in [0.3, 0.4) is 0 Å². The first-order chi connectivity index (χ1) is 12.0. The molecule has 0 radical (unpaired) electrons. The summed E-state index contributed by atoms with van der Waals surface area (Å²) in [5, 5.41) is 3.75. The highest BCUT2D eigenvalue weighted by atomic mass is 32.1. The van der Waals surface area contributed by atoms with E-state index in [1.165, 1.54) is 0 Å². The standard InChI is InChI=1S/C19H20N2O3S/c1-13(22)14-7-9-15(10-8-14)20-19(25)21(2)11-16-12-23-17-5-3-4-6-18(17)24-16/h3-10,16H,11-12H2,1-2H3,(H,20,25)/t16-/m0/s1. The second kappa shape index (κ2) is 7.53. The Morgan fingerprint density at radius 2 is 1.88 bits per heavy atom. The highest BCUT2D eigenvalue weighted by molar-refractivity contribution is 7.80. The number of anilines is 1. The summed E-state index contributed by atoms with van der Waals surface area (Å²) in [7, 11) is 1.91. The molecule has 0 saturated heterocycles. The molecule has 130 valence electrons. The second-order valence-electron chi connectivity index (χ2n) is 5.94. The molecule has 0 aromatic heterocycles. The van der Waals surface area contributed by atoms with E-state index in [0.717, 1.165) is 17.2 Å². The van der Waals surface area contributed by atoms with Gasteiger partial charge in [-0.15, -0.1) is 0 Å². The van der Waals surface area contributed by atoms with Crippen LogP contribution in [0.15, 0.2) is 48.5 Å². The molecule has 0 amide bonds. The quantitative estimate of drug-likeness (QED) is 0.670. The van der Waals surface area contributed by atoms with Gasteiger partial charge >= 0.3 is 0 Å². The molecule has 5 nitrogen and oxygen atoms in total. The summed E-state index contributed by atoms with van der Waals surface area (Å²) in [6, 6.07) is 14.9. The predicted molar refractivity (Wildman–Crippen MR) is 102 cm³/mol. The first-order valence-corrected chi connectivity index (χ1v) is 8.45. The van der Waals surface area contributed by atoms with Crippen LogP contribution in [0.2, 0.25) is 0 Å². The molecule has 1 N–H and O–H groups in total. The molecule has 1 aliphatic rings. The lowest BCUT2D eigenvalue weighted by Crippen LogP contribution is -2.43. The van der Waals surface area contributed by atoms with Crippen LogP contribution in [-0.2, 0) is 0 Å². The molecule has 1 heterocycles. The highest BCUT2D eigenvalue weighted by Crippen LogP contribution is 2.30. The SMILES string of the molecule is CC(=O)c1ccc(NC(=S)N(C)C[C@H]2COc3ccccc3O2)cc1. The van der Waals surface area contributed by atoms with Crippen molar-refractivity contribution in [2.75, 3.05) is 25.5 Å². The van der Waals surface area contributed by atoms with E-state index in [1.807, 2.05) is 48.3 Å². The molecule has 2 aromatic rings. The average Bonchev–Trinajstić information content (AvgIpc) is 2.62. The fraction of sp³-hybridized carbons (Fsp3) is 0.263. The van der Waals surface area contributed by atoms with Crippen molar-refractivity contribution >= 4 is 28.8 Å². The van der Waals surface area contributed by atoms with Crippen molar-refractivity contribution in [1.82, 2.24) is 4.90 Å². The smallest absolute Gasteiger partial charge is 0.173 e. The number of rotatable bonds is 4. The number of hydrogen-bond donors (Lipinski definition) is 1. The summed E-state index contributed by atoms with van der Waals surface area (Å²) in [5.41, 5.74) is 1.52. The minimum Gasteiger partial charge on any atom is -0.486 e. The maximum Gasteiger partial charge on any atom is 0.173 e. The van der Waals surface area contributed by atoms with Gasteiger partial charge in [-0.3, -0.25) is 4.79 Å². The second-order valence-corrected chi connectivity index (χ2v) is 6.33. The maximum absolute atomic E-state index is 11.3. The summed E-state index contributed by atoms with van der Waals surface area (Å²) in [5.74, 6) is 1.57. The van der Waals surface area contributed by atoms with Gasteiger partial charge in [0.05, 0.1) is 6.54 Å². The maximum atomic E-state index is 11.3. The van der Waals surface area contributed by atoms with E-state index in [0.29, 0.717) is 23.8 Å². The van der Waals surface area contributed by atoms with Crippen molar-refractivity contribution in [1.29, 1.82) is 0 Å². The molecule has 0 spiro atoms. The van der Waals surface area contributed by atoms with E-state index in [1.54, 1.807) is 19.1 Å². The minimum absolute atomic E-state index is 0.0426. The predicted octanol–water partition coefficient (Wildman–Crippen LogP) is 3.36. The summed E-state index contributed by atoms with van der Waals surface area (Å²) < 4.78 is 11.7. The molecule has 1 atom stereocenters. The first kappa shape index (κ1) is 17.2. The van der Waals surface area contributed by atoms with Gasteiger partial charge in [0.1, 0.15) is 6.61 Å². The van der Waals surface area contributed by atoms with Crippen molar-refractivity contribution in [3.8, 4) is 11.5 Å². The van der Waals surface area contributed by atoms with Gasteiger partial charge in [-0.25, -0.2) is 0 Å². The van der Waals surface area contributed by atoms with Crippen LogP contribution in [0.4, 0.5) is 5.69 Å². The number of carbonyl (C=O) groups is 1. The van der Waals surface area contributed by atoms with Crippen molar-refractivity contribution in [3.63, 3.8) is 0 Å². The molecule has 6 heteroatoms. The lowest BCUT2D eigenvalue weighted by atomic mass is 10.1. The number of carbonyl (C=O) groups excluding carboxylic acids is 1. The Bertz CT molecular complexity index is 776. The number of nitrogens with zero attached hydrogens (tertiary/aromatic N) is 1. The van der Waals surface area contributed by atoms with E-state index in [4.69, 9.17) is 21.7 Å². The van der Waals surface area contributed by atoms with Crippen LogP contribution >= 0.6 is 12.2 Å². The van der Waals surface area contributed by atoms with Crippen LogP contribution in [0.25, 0.3) is 0 Å². The Balaban J connectivity index is 1.55. The first-order valence-electron chi connectivity index (χ1n) is 8.04. The van der Waals surface area contributed by atoms with Crippen LogP contribution in [0.5, 0.6) is 11.5 Å². The number of thiocarbonyl (C=S) groups is 1. The molecular weight excluding hydrogens is 336 g/mol. The fourth-order valence-corrected chi connectivity index (χ4v) is 2.74. The molecule has 2 aromatic carbocycles. The molecule has 0 saturated carbocycles. The van der Waals surface area contributed by atoms with Crippen molar-refractivity contribution < 1.29 is 14.3 Å². The van der Waals surface area contributed by atoms with E-state index in [2.05, 4.69) is 5.32 Å². The third-order valence-electron chi connectivity index (χ3n) is 3.93. The van der Waals surface area contributed by atoms with Crippen molar-refractivity contribution in [2.45, 2.75) is 13.0 Å². The number of ketones is 1. The van der Waals surface area contributed by atoms with Gasteiger partial charge in [0.15, 0.2) is 28.5 Å². The van der Waals surface area contributed by atoms with Gasteiger partial charge in [-0.1, -0.05) is 12.1 Å². The van der Waals surface area contributed by atoms with Gasteiger partial charge < -0.3 is 19.7 Å². The van der Waals surface area contributed by atoms with Crippen LogP contribution in [0.1, 0.15) is 17.3 Å². The molecular formula is C19H20N2O3S. The molecule has 1 aliphatic heterocycles. The van der Waals surface area contributed by atoms with Crippen molar-refractivity contribution in [3.05, 3.63) is 54.1 Å². The number of nitrogens with one attached hydrogen (secondary N) is 1. The zero-order valence-electron chi connectivity index (χ0n) is 14.2. The van der Waals surface area contributed by atoms with Gasteiger partial charge in [0.25, 0.3) is 0 Å².